The summed E-state index contributed by atoms with van der Waals surface area (Å²) in [6.45, 7) is 0. The van der Waals surface area contributed by atoms with Crippen LogP contribution in [0.15, 0.2) is 24.3 Å². The fourth-order valence-electron chi connectivity index (χ4n) is 1.51. The fraction of sp³-hybridized carbons (Fsp3) is 0.167. The number of para-hydroxylation sites is 1. The van der Waals surface area contributed by atoms with E-state index in [1.54, 1.807) is 0 Å². The second-order valence-electron chi connectivity index (χ2n) is 3.83. The number of ether oxygens (including phenoxy) is 1. The lowest BCUT2D eigenvalue weighted by Gasteiger charge is -2.19. The second kappa shape index (κ2) is 6.37. The molecule has 9 heteroatoms. The third kappa shape index (κ3) is 3.69. The molecule has 0 fully saturated rings. The molecule has 0 spiro atoms. The predicted molar refractivity (Wildman–Crippen MR) is 64.2 cm³/mol. The van der Waals surface area contributed by atoms with Crippen molar-refractivity contribution in [3.8, 4) is 5.75 Å². The highest BCUT2D eigenvalue weighted by Crippen LogP contribution is 2.22. The van der Waals surface area contributed by atoms with Crippen LogP contribution in [0.3, 0.4) is 0 Å². The average Bonchev–Trinajstić information content (AvgIpc) is 2.37. The number of hydrogen-bond donors (Lipinski definition) is 4. The van der Waals surface area contributed by atoms with Crippen LogP contribution in [0.1, 0.15) is 10.4 Å². The van der Waals surface area contributed by atoms with Gasteiger partial charge in [-0.15, -0.1) is 0 Å². The summed E-state index contributed by atoms with van der Waals surface area (Å²) >= 11 is 0. The second-order valence-corrected chi connectivity index (χ2v) is 3.83. The van der Waals surface area contributed by atoms with E-state index in [-0.39, 0.29) is 0 Å². The molecule has 4 N–H and O–H groups in total. The van der Waals surface area contributed by atoms with Crippen LogP contribution in [0.4, 0.5) is 0 Å². The Balaban J connectivity index is 3.21. The van der Waals surface area contributed by atoms with Gasteiger partial charge in [-0.25, -0.2) is 9.59 Å². The predicted octanol–water partition coefficient (Wildman–Crippen LogP) is 0.00220. The van der Waals surface area contributed by atoms with Gasteiger partial charge in [-0.05, 0) is 12.1 Å². The number of aromatic carboxylic acids is 1. The molecular formula is C12H10O9. The third-order valence-electron chi connectivity index (χ3n) is 2.45. The molecular weight excluding hydrogens is 288 g/mol. The molecule has 1 rings (SSSR count). The van der Waals surface area contributed by atoms with E-state index < -0.39 is 47.2 Å². The largest absolute Gasteiger partial charge is 0.480 e. The molecule has 0 bridgehead atoms. The standard InChI is InChI=1S/C12H10O9/c13-9(14)5-3-1-2-4-6(5)21-8(12(19)20)7(10(15)16)11(17)18/h1-4,7-8H,(H,13,14)(H,15,16)(H,17,18)(H,19,20). The lowest BCUT2D eigenvalue weighted by molar-refractivity contribution is -0.167. The summed E-state index contributed by atoms with van der Waals surface area (Å²) in [6.07, 6.45) is -2.28. The van der Waals surface area contributed by atoms with E-state index in [0.29, 0.717) is 0 Å². The van der Waals surface area contributed by atoms with E-state index in [2.05, 4.69) is 0 Å². The summed E-state index contributed by atoms with van der Waals surface area (Å²) in [7, 11) is 0. The molecule has 0 aliphatic carbocycles. The lowest BCUT2D eigenvalue weighted by atomic mass is 10.0. The number of carboxylic acid groups (broad SMARTS) is 4. The van der Waals surface area contributed by atoms with Gasteiger partial charge < -0.3 is 25.2 Å². The minimum Gasteiger partial charge on any atom is -0.480 e. The van der Waals surface area contributed by atoms with Gasteiger partial charge in [-0.2, -0.15) is 0 Å². The smallest absolute Gasteiger partial charge is 0.346 e. The monoisotopic (exact) mass is 298 g/mol. The maximum atomic E-state index is 11.0. The number of rotatable bonds is 7. The fourth-order valence-corrected chi connectivity index (χ4v) is 1.51. The molecule has 0 saturated heterocycles. The molecule has 0 aliphatic rings. The minimum absolute atomic E-state index is 0.418. The number of benzene rings is 1. The molecule has 0 heterocycles. The molecule has 0 radical (unpaired) electrons. The Hall–Kier alpha value is -3.10. The lowest BCUT2D eigenvalue weighted by Crippen LogP contribution is -2.44. The summed E-state index contributed by atoms with van der Waals surface area (Å²) in [5.41, 5.74) is -0.418. The molecule has 0 aliphatic heterocycles. The Bertz CT molecular complexity index is 578. The third-order valence-corrected chi connectivity index (χ3v) is 2.45. The Morgan fingerprint density at radius 3 is 1.81 bits per heavy atom. The van der Waals surface area contributed by atoms with E-state index in [1.807, 2.05) is 0 Å². The first-order chi connectivity index (χ1) is 9.75. The zero-order chi connectivity index (χ0) is 16.2. The molecule has 0 saturated carbocycles. The zero-order valence-electron chi connectivity index (χ0n) is 10.3. The van der Waals surface area contributed by atoms with Gasteiger partial charge in [0.1, 0.15) is 11.3 Å². The van der Waals surface area contributed by atoms with E-state index in [9.17, 15) is 19.2 Å². The highest BCUT2D eigenvalue weighted by atomic mass is 16.5. The van der Waals surface area contributed by atoms with Crippen molar-refractivity contribution in [3.05, 3.63) is 29.8 Å². The first-order valence-corrected chi connectivity index (χ1v) is 5.43. The van der Waals surface area contributed by atoms with E-state index in [1.165, 1.54) is 12.1 Å². The summed E-state index contributed by atoms with van der Waals surface area (Å²) in [6, 6.07) is 4.88. The van der Waals surface area contributed by atoms with Crippen molar-refractivity contribution >= 4 is 23.9 Å². The summed E-state index contributed by atoms with van der Waals surface area (Å²) < 4.78 is 4.81. The summed E-state index contributed by atoms with van der Waals surface area (Å²) in [4.78, 5) is 43.7. The first-order valence-electron chi connectivity index (χ1n) is 5.43. The van der Waals surface area contributed by atoms with Crippen molar-refractivity contribution in [1.82, 2.24) is 0 Å². The van der Waals surface area contributed by atoms with E-state index in [4.69, 9.17) is 25.2 Å². The topological polar surface area (TPSA) is 158 Å². The average molecular weight is 298 g/mol. The van der Waals surface area contributed by atoms with E-state index >= 15 is 0 Å². The van der Waals surface area contributed by atoms with Gasteiger partial charge in [0.25, 0.3) is 0 Å². The van der Waals surface area contributed by atoms with Crippen LogP contribution in [0, 0.1) is 5.92 Å². The van der Waals surface area contributed by atoms with Crippen molar-refractivity contribution in [2.75, 3.05) is 0 Å². The van der Waals surface area contributed by atoms with Gasteiger partial charge in [0.2, 0.25) is 12.0 Å². The molecule has 1 aromatic rings. The normalized spacial score (nSPS) is 11.7. The van der Waals surface area contributed by atoms with Gasteiger partial charge in [0.15, 0.2) is 0 Å². The maximum Gasteiger partial charge on any atom is 0.346 e. The van der Waals surface area contributed by atoms with Crippen LogP contribution in [-0.4, -0.2) is 50.4 Å². The van der Waals surface area contributed by atoms with Gasteiger partial charge in [0.05, 0.1) is 0 Å². The van der Waals surface area contributed by atoms with Crippen molar-refractivity contribution in [1.29, 1.82) is 0 Å². The highest BCUT2D eigenvalue weighted by molar-refractivity contribution is 5.98. The van der Waals surface area contributed by atoms with Crippen molar-refractivity contribution < 1.29 is 44.3 Å². The summed E-state index contributed by atoms with van der Waals surface area (Å²) in [5, 5.41) is 35.4. The molecule has 1 atom stereocenters. The Morgan fingerprint density at radius 2 is 1.38 bits per heavy atom. The molecule has 1 aromatic carbocycles. The van der Waals surface area contributed by atoms with Crippen LogP contribution in [0.25, 0.3) is 0 Å². The molecule has 9 nitrogen and oxygen atoms in total. The van der Waals surface area contributed by atoms with Crippen LogP contribution < -0.4 is 4.74 Å². The number of aliphatic carboxylic acids is 3. The molecule has 0 aromatic heterocycles. The van der Waals surface area contributed by atoms with Gasteiger partial charge in [-0.3, -0.25) is 9.59 Å². The quantitative estimate of drug-likeness (QED) is 0.508. The first kappa shape index (κ1) is 16.0. The minimum atomic E-state index is -2.38. The van der Waals surface area contributed by atoms with Gasteiger partial charge in [-0.1, -0.05) is 12.1 Å². The van der Waals surface area contributed by atoms with Crippen molar-refractivity contribution in [2.45, 2.75) is 6.10 Å². The maximum absolute atomic E-state index is 11.0. The van der Waals surface area contributed by atoms with E-state index in [0.717, 1.165) is 12.1 Å². The molecule has 0 amide bonds. The Kier molecular flexibility index (Phi) is 4.84. The van der Waals surface area contributed by atoms with Crippen LogP contribution in [-0.2, 0) is 14.4 Å². The molecule has 1 unspecified atom stereocenters. The van der Waals surface area contributed by atoms with Crippen molar-refractivity contribution in [3.63, 3.8) is 0 Å². The van der Waals surface area contributed by atoms with Crippen LogP contribution in [0.5, 0.6) is 5.75 Å². The zero-order valence-corrected chi connectivity index (χ0v) is 10.3. The Morgan fingerprint density at radius 1 is 0.857 bits per heavy atom. The van der Waals surface area contributed by atoms with Gasteiger partial charge >= 0.3 is 23.9 Å². The molecule has 21 heavy (non-hydrogen) atoms. The highest BCUT2D eigenvalue weighted by Gasteiger charge is 2.42. The SMILES string of the molecule is O=C(O)c1ccccc1OC(C(=O)O)C(C(=O)O)C(=O)O. The van der Waals surface area contributed by atoms with Crippen LogP contribution in [0.2, 0.25) is 0 Å². The molecule has 112 valence electrons. The van der Waals surface area contributed by atoms with Gasteiger partial charge in [0, 0.05) is 0 Å². The number of hydrogen-bond acceptors (Lipinski definition) is 5. The van der Waals surface area contributed by atoms with Crippen LogP contribution >= 0.6 is 0 Å². The van der Waals surface area contributed by atoms with Crippen molar-refractivity contribution in [2.24, 2.45) is 5.92 Å². The number of carboxylic acids is 4. The summed E-state index contributed by atoms with van der Waals surface area (Å²) in [5.74, 6) is -9.93. The Labute approximate surface area is 117 Å². The number of carbonyl (C=O) groups is 4.